The van der Waals surface area contributed by atoms with Crippen molar-refractivity contribution in [2.75, 3.05) is 0 Å². The predicted octanol–water partition coefficient (Wildman–Crippen LogP) is 5.28. The molecule has 1 amide bonds. The van der Waals surface area contributed by atoms with Crippen LogP contribution in [0.3, 0.4) is 0 Å². The Morgan fingerprint density at radius 2 is 1.67 bits per heavy atom. The van der Waals surface area contributed by atoms with Crippen molar-refractivity contribution in [2.24, 2.45) is 0 Å². The minimum atomic E-state index is -0.468. The van der Waals surface area contributed by atoms with E-state index in [1.54, 1.807) is 0 Å². The van der Waals surface area contributed by atoms with Crippen molar-refractivity contribution in [3.05, 3.63) is 65.7 Å². The van der Waals surface area contributed by atoms with E-state index in [0.29, 0.717) is 6.42 Å². The maximum atomic E-state index is 12.6. The molecular weight excluding hydrogens is 334 g/mol. The Balaban J connectivity index is 1.87. The fraction of sp³-hybridized carbons (Fsp3) is 0.458. The molecule has 0 bridgehead atoms. The summed E-state index contributed by atoms with van der Waals surface area (Å²) in [6.45, 7) is 10.6. The average molecular weight is 368 g/mol. The third-order valence-electron chi connectivity index (χ3n) is 4.76. The molecule has 1 N–H and O–H groups in total. The number of rotatable bonds is 8. The largest absolute Gasteiger partial charge is 0.481 e. The van der Waals surface area contributed by atoms with E-state index in [1.807, 2.05) is 44.2 Å². The lowest BCUT2D eigenvalue weighted by Gasteiger charge is -2.22. The third-order valence-corrected chi connectivity index (χ3v) is 4.76. The Morgan fingerprint density at radius 3 is 2.22 bits per heavy atom. The SMILES string of the molecule is CC[C@H](Oc1ccc(C(C)(C)C)cc1)C(=O)N[C@@H](C)CCc1ccccc1. The van der Waals surface area contributed by atoms with Crippen LogP contribution in [0.5, 0.6) is 5.75 Å². The van der Waals surface area contributed by atoms with Crippen LogP contribution in [0.1, 0.15) is 58.6 Å². The molecule has 0 heterocycles. The molecule has 3 heteroatoms. The molecular formula is C24H33NO2. The molecule has 2 atom stereocenters. The summed E-state index contributed by atoms with van der Waals surface area (Å²) >= 11 is 0. The van der Waals surface area contributed by atoms with Crippen LogP contribution < -0.4 is 10.1 Å². The second-order valence-corrected chi connectivity index (χ2v) is 8.22. The van der Waals surface area contributed by atoms with Crippen LogP contribution in [0, 0.1) is 0 Å². The molecule has 27 heavy (non-hydrogen) atoms. The quantitative estimate of drug-likeness (QED) is 0.689. The average Bonchev–Trinajstić information content (AvgIpc) is 2.65. The van der Waals surface area contributed by atoms with Gasteiger partial charge in [-0.25, -0.2) is 0 Å². The van der Waals surface area contributed by atoms with Crippen molar-refractivity contribution in [3.63, 3.8) is 0 Å². The molecule has 2 aromatic rings. The number of carbonyl (C=O) groups is 1. The van der Waals surface area contributed by atoms with E-state index in [9.17, 15) is 4.79 Å². The zero-order valence-electron chi connectivity index (χ0n) is 17.3. The van der Waals surface area contributed by atoms with E-state index in [0.717, 1.165) is 18.6 Å². The third kappa shape index (κ3) is 6.74. The van der Waals surface area contributed by atoms with Gasteiger partial charge in [0.1, 0.15) is 5.75 Å². The Kier molecular flexibility index (Phi) is 7.46. The van der Waals surface area contributed by atoms with Gasteiger partial charge in [0.05, 0.1) is 0 Å². The van der Waals surface area contributed by atoms with Crippen LogP contribution in [0.2, 0.25) is 0 Å². The van der Waals surface area contributed by atoms with Gasteiger partial charge < -0.3 is 10.1 Å². The van der Waals surface area contributed by atoms with Gasteiger partial charge in [-0.3, -0.25) is 4.79 Å². The van der Waals surface area contributed by atoms with E-state index < -0.39 is 6.10 Å². The fourth-order valence-electron chi connectivity index (χ4n) is 2.96. The molecule has 146 valence electrons. The van der Waals surface area contributed by atoms with E-state index in [1.165, 1.54) is 11.1 Å². The minimum Gasteiger partial charge on any atom is -0.481 e. The summed E-state index contributed by atoms with van der Waals surface area (Å²) < 4.78 is 5.94. The lowest BCUT2D eigenvalue weighted by molar-refractivity contribution is -0.128. The van der Waals surface area contributed by atoms with Crippen LogP contribution in [-0.2, 0) is 16.6 Å². The predicted molar refractivity (Wildman–Crippen MR) is 112 cm³/mol. The van der Waals surface area contributed by atoms with Crippen molar-refractivity contribution < 1.29 is 9.53 Å². The van der Waals surface area contributed by atoms with Crippen molar-refractivity contribution in [2.45, 2.75) is 71.4 Å². The summed E-state index contributed by atoms with van der Waals surface area (Å²) in [6.07, 6.45) is 2.03. The zero-order valence-corrected chi connectivity index (χ0v) is 17.3. The normalized spacial score (nSPS) is 13.7. The Hall–Kier alpha value is -2.29. The topological polar surface area (TPSA) is 38.3 Å². The second kappa shape index (κ2) is 9.59. The summed E-state index contributed by atoms with van der Waals surface area (Å²) in [4.78, 5) is 12.6. The van der Waals surface area contributed by atoms with Gasteiger partial charge in [0.25, 0.3) is 5.91 Å². The molecule has 3 nitrogen and oxygen atoms in total. The van der Waals surface area contributed by atoms with Gasteiger partial charge >= 0.3 is 0 Å². The first-order chi connectivity index (χ1) is 12.8. The fourth-order valence-corrected chi connectivity index (χ4v) is 2.96. The van der Waals surface area contributed by atoms with Crippen molar-refractivity contribution in [1.29, 1.82) is 0 Å². The molecule has 0 aliphatic heterocycles. The van der Waals surface area contributed by atoms with Crippen molar-refractivity contribution in [3.8, 4) is 5.75 Å². The number of ether oxygens (including phenoxy) is 1. The summed E-state index contributed by atoms with van der Waals surface area (Å²) in [5, 5.41) is 3.09. The van der Waals surface area contributed by atoms with Crippen LogP contribution in [-0.4, -0.2) is 18.1 Å². The minimum absolute atomic E-state index is 0.0436. The van der Waals surface area contributed by atoms with Gasteiger partial charge in [-0.2, -0.15) is 0 Å². The molecule has 0 saturated heterocycles. The number of hydrogen-bond donors (Lipinski definition) is 1. The molecule has 0 spiro atoms. The van der Waals surface area contributed by atoms with Crippen LogP contribution >= 0.6 is 0 Å². The molecule has 0 unspecified atom stereocenters. The van der Waals surface area contributed by atoms with Gasteiger partial charge in [-0.15, -0.1) is 0 Å². The molecule has 2 rings (SSSR count). The van der Waals surface area contributed by atoms with Crippen LogP contribution in [0.15, 0.2) is 54.6 Å². The van der Waals surface area contributed by atoms with Gasteiger partial charge in [0, 0.05) is 6.04 Å². The van der Waals surface area contributed by atoms with Crippen molar-refractivity contribution in [1.82, 2.24) is 5.32 Å². The number of nitrogens with one attached hydrogen (secondary N) is 1. The van der Waals surface area contributed by atoms with Crippen LogP contribution in [0.25, 0.3) is 0 Å². The number of amides is 1. The smallest absolute Gasteiger partial charge is 0.261 e. The van der Waals surface area contributed by atoms with Gasteiger partial charge in [-0.1, -0.05) is 70.2 Å². The first-order valence-corrected chi connectivity index (χ1v) is 9.91. The maximum absolute atomic E-state index is 12.6. The maximum Gasteiger partial charge on any atom is 0.261 e. The highest BCUT2D eigenvalue weighted by atomic mass is 16.5. The number of hydrogen-bond acceptors (Lipinski definition) is 2. The molecule has 0 saturated carbocycles. The number of benzene rings is 2. The van der Waals surface area contributed by atoms with E-state index >= 15 is 0 Å². The standard InChI is InChI=1S/C24H33NO2/c1-6-22(27-21-16-14-20(15-17-21)24(3,4)5)23(26)25-18(2)12-13-19-10-8-7-9-11-19/h7-11,14-18,22H,6,12-13H2,1-5H3,(H,25,26)/t18-,22-/m0/s1. The van der Waals surface area contributed by atoms with Gasteiger partial charge in [0.2, 0.25) is 0 Å². The summed E-state index contributed by atoms with van der Waals surface area (Å²) in [5.41, 5.74) is 2.65. The van der Waals surface area contributed by atoms with Gasteiger partial charge in [0.15, 0.2) is 6.10 Å². The first kappa shape index (κ1) is 21.0. The number of aryl methyl sites for hydroxylation is 1. The highest BCUT2D eigenvalue weighted by Crippen LogP contribution is 2.25. The van der Waals surface area contributed by atoms with Crippen LogP contribution in [0.4, 0.5) is 0 Å². The molecule has 2 aromatic carbocycles. The molecule has 0 aromatic heterocycles. The van der Waals surface area contributed by atoms with Crippen molar-refractivity contribution >= 4 is 5.91 Å². The lowest BCUT2D eigenvalue weighted by atomic mass is 9.87. The lowest BCUT2D eigenvalue weighted by Crippen LogP contribution is -2.42. The molecule has 0 radical (unpaired) electrons. The zero-order chi connectivity index (χ0) is 19.9. The van der Waals surface area contributed by atoms with E-state index in [-0.39, 0.29) is 17.4 Å². The molecule has 0 aliphatic rings. The first-order valence-electron chi connectivity index (χ1n) is 9.91. The highest BCUT2D eigenvalue weighted by molar-refractivity contribution is 5.81. The monoisotopic (exact) mass is 367 g/mol. The number of carbonyl (C=O) groups excluding carboxylic acids is 1. The Labute approximate surface area is 164 Å². The summed E-state index contributed by atoms with van der Waals surface area (Å²) in [5.74, 6) is 0.694. The highest BCUT2D eigenvalue weighted by Gasteiger charge is 2.20. The summed E-state index contributed by atoms with van der Waals surface area (Å²) in [7, 11) is 0. The van der Waals surface area contributed by atoms with E-state index in [2.05, 4.69) is 50.4 Å². The van der Waals surface area contributed by atoms with Gasteiger partial charge in [-0.05, 0) is 54.9 Å². The molecule has 0 aliphatic carbocycles. The summed E-state index contributed by atoms with van der Waals surface area (Å²) in [6, 6.07) is 18.5. The Bertz CT molecular complexity index is 701. The molecule has 0 fully saturated rings. The van der Waals surface area contributed by atoms with E-state index in [4.69, 9.17) is 4.74 Å². The Morgan fingerprint density at radius 1 is 1.04 bits per heavy atom. The second-order valence-electron chi connectivity index (χ2n) is 8.22.